The van der Waals surface area contributed by atoms with Crippen LogP contribution in [0.15, 0.2) is 160 Å². The average molecular weight is 963 g/mol. The Hall–Kier alpha value is -10.2. The van der Waals surface area contributed by atoms with Crippen LogP contribution in [-0.2, 0) is 0 Å². The maximum Gasteiger partial charge on any atom is 0.235 e. The third-order valence-corrected chi connectivity index (χ3v) is 5.55. The Labute approximate surface area is 376 Å². The van der Waals surface area contributed by atoms with Crippen molar-refractivity contribution in [3.63, 3.8) is 0 Å². The number of hydrogen-bond donors (Lipinski definition) is 3. The van der Waals surface area contributed by atoms with Crippen LogP contribution in [-0.4, -0.2) is 171 Å². The molecule has 0 aliphatic carbocycles. The topological polar surface area (TPSA) is 500 Å². The van der Waals surface area contributed by atoms with Gasteiger partial charge in [0, 0.05) is 17.7 Å². The second-order valence-electron chi connectivity index (χ2n) is 8.36. The van der Waals surface area contributed by atoms with Crippen molar-refractivity contribution in [2.75, 3.05) is 0 Å². The van der Waals surface area contributed by atoms with Crippen LogP contribution >= 0.6 is 34.8 Å². The van der Waals surface area contributed by atoms with E-state index in [-0.39, 0.29) is 0 Å². The fraction of sp³-hybridized carbons (Fsp3) is 0. The lowest BCUT2D eigenvalue weighted by Gasteiger charge is -1.78. The minimum atomic E-state index is 0.914. The van der Waals surface area contributed by atoms with Gasteiger partial charge in [0.1, 0.15) is 47.4 Å². The molecule has 0 radical (unpaired) electrons. The van der Waals surface area contributed by atoms with E-state index in [4.69, 9.17) is 0 Å². The van der Waals surface area contributed by atoms with E-state index in [9.17, 15) is 0 Å². The summed E-state index contributed by atoms with van der Waals surface area (Å²) in [5.74, 6) is 0. The summed E-state index contributed by atoms with van der Waals surface area (Å²) in [4.78, 5) is 14.2. The van der Waals surface area contributed by atoms with Gasteiger partial charge in [-0.2, -0.15) is 39.6 Å². The van der Waals surface area contributed by atoms with Gasteiger partial charge in [-0.25, -0.2) is 24.6 Å². The molecule has 0 amide bonds. The first-order valence-corrected chi connectivity index (χ1v) is 18.6. The highest BCUT2D eigenvalue weighted by atomic mass is 32.1. The Balaban J connectivity index is 0.000000249. The smallest absolute Gasteiger partial charge is 0.235 e. The number of H-pyrrole nitrogens is 3. The van der Waals surface area contributed by atoms with Gasteiger partial charge >= 0.3 is 0 Å². The first-order valence-electron chi connectivity index (χ1n) is 16.2. The van der Waals surface area contributed by atoms with Crippen molar-refractivity contribution < 1.29 is 18.1 Å². The third-order valence-electron chi connectivity index (χ3n) is 4.40. The molecule has 38 nitrogen and oxygen atoms in total. The Bertz CT molecular complexity index is 1900. The Morgan fingerprint density at radius 3 is 1.59 bits per heavy atom. The first kappa shape index (κ1) is 51.9. The van der Waals surface area contributed by atoms with Crippen molar-refractivity contribution in [2.45, 2.75) is 0 Å². The van der Waals surface area contributed by atoms with Crippen molar-refractivity contribution in [1.29, 1.82) is 0 Å². The third kappa shape index (κ3) is 36.9. The molecule has 0 atom stereocenters. The zero-order valence-corrected chi connectivity index (χ0v) is 34.9. The highest BCUT2D eigenvalue weighted by Gasteiger charge is 1.90. The van der Waals surface area contributed by atoms with Crippen LogP contribution in [0.2, 0.25) is 0 Å². The lowest BCUT2D eigenvalue weighted by molar-refractivity contribution is 0.292. The van der Waals surface area contributed by atoms with E-state index in [0.29, 0.717) is 0 Å². The van der Waals surface area contributed by atoms with Crippen molar-refractivity contribution in [1.82, 2.24) is 171 Å². The molecule has 338 valence electrons. The van der Waals surface area contributed by atoms with Gasteiger partial charge in [-0.3, -0.25) is 5.10 Å². The molecule has 0 saturated carbocycles. The number of hydrogen-bond acceptors (Lipinski definition) is 38. The van der Waals surface area contributed by atoms with E-state index >= 15 is 0 Å². The van der Waals surface area contributed by atoms with Gasteiger partial charge in [0.05, 0.1) is 40.9 Å². The molecule has 0 bridgehead atoms. The van der Waals surface area contributed by atoms with Crippen molar-refractivity contribution in [3.8, 4) is 0 Å². The maximum absolute atomic E-state index is 4.36. The monoisotopic (exact) mass is 962 g/mol. The first-order chi connectivity index (χ1) is 33.0. The summed E-state index contributed by atoms with van der Waals surface area (Å²) in [5, 5.41) is 83.9. The molecule has 0 aliphatic rings. The van der Waals surface area contributed by atoms with E-state index < -0.39 is 0 Å². The van der Waals surface area contributed by atoms with Crippen LogP contribution in [0.3, 0.4) is 0 Å². The van der Waals surface area contributed by atoms with E-state index in [1.54, 1.807) is 35.7 Å². The standard InChI is InChI=1S/C6H5N3.2C3H3N3.C2H3N3.2C2H2N2O.C2H2N2S.CH2N4.2CHN3O.2CHN3S/c1-2-4-6-5(3-1)7-9-8-6;1-2-5-6-3-4-1;1-2-4-6-5-3-1;1-3-2-5-4-1;1-3-4-2-5-1;2*1-3-2-5-4-1;1-2-4-5-3-1;1-2-3-4-5-1;1-2-4-5-3-1;1-2-3-4-5-1;1-2-4-5-3-1/h1-4H,(H,7,8,9);2*1-3H;1-2H,(H,3,4,5);3*1-2H;1H,(H,2,3,4,5);4*1H. The molecular weight excluding hydrogens is 937 g/mol. The predicted molar refractivity (Wildman–Crippen MR) is 212 cm³/mol. The predicted octanol–water partition coefficient (Wildman–Crippen LogP) is -0.822. The van der Waals surface area contributed by atoms with Crippen LogP contribution in [0.5, 0.6) is 0 Å². The molecule has 0 spiro atoms. The fourth-order valence-corrected chi connectivity index (χ4v) is 3.02. The summed E-state index contributed by atoms with van der Waals surface area (Å²) in [6.07, 6.45) is 22.4. The largest absolute Gasteiger partial charge is 0.431 e. The van der Waals surface area contributed by atoms with Crippen LogP contribution in [0.4, 0.5) is 0 Å². The fourth-order valence-electron chi connectivity index (χ4n) is 2.32. The van der Waals surface area contributed by atoms with E-state index in [0.717, 1.165) is 29.2 Å². The second kappa shape index (κ2) is 44.4. The van der Waals surface area contributed by atoms with Gasteiger partial charge in [0.25, 0.3) is 0 Å². The lowest BCUT2D eigenvalue weighted by atomic mass is 10.3. The van der Waals surface area contributed by atoms with Gasteiger partial charge in [-0.05, 0) is 50.5 Å². The molecule has 12 heterocycles. The summed E-state index contributed by atoms with van der Waals surface area (Å²) >= 11 is 3.69. The molecular formula is C25H26N34O4S3. The van der Waals surface area contributed by atoms with Crippen molar-refractivity contribution in [2.24, 2.45) is 0 Å². The lowest BCUT2D eigenvalue weighted by Crippen LogP contribution is -1.78. The quantitative estimate of drug-likeness (QED) is 0.167. The molecule has 13 rings (SSSR count). The molecule has 0 unspecified atom stereocenters. The highest BCUT2D eigenvalue weighted by molar-refractivity contribution is 7.03. The number of aromatic nitrogens is 34. The SMILES string of the molecule is c1ccc2n[nH]nc2c1.c1cnncn1.c1cnnnc1.c1nc[nH]n1.c1ncon1.c1ncsn1.c1nn[nH]n1.c1nnco1.c1nnno1.c1nnns1.c1nnon1.c1nnsn1. The molecule has 0 saturated heterocycles. The van der Waals surface area contributed by atoms with Crippen LogP contribution in [0, 0.1) is 0 Å². The van der Waals surface area contributed by atoms with Gasteiger partial charge < -0.3 is 13.5 Å². The molecule has 1 aromatic carbocycles. The summed E-state index contributed by atoms with van der Waals surface area (Å²) in [6.45, 7) is 0. The van der Waals surface area contributed by atoms with E-state index in [1.165, 1.54) is 99.1 Å². The van der Waals surface area contributed by atoms with Gasteiger partial charge in [0.2, 0.25) is 25.6 Å². The number of nitrogens with zero attached hydrogens (tertiary/aromatic N) is 31. The normalized spacial score (nSPS) is 8.30. The summed E-state index contributed by atoms with van der Waals surface area (Å²) < 4.78 is 30.7. The van der Waals surface area contributed by atoms with E-state index in [2.05, 4.69) is 189 Å². The van der Waals surface area contributed by atoms with Crippen LogP contribution in [0.1, 0.15) is 0 Å². The molecule has 0 aliphatic heterocycles. The number of rotatable bonds is 0. The van der Waals surface area contributed by atoms with Crippen molar-refractivity contribution >= 4 is 45.8 Å². The van der Waals surface area contributed by atoms with Gasteiger partial charge in [-0.15, -0.1) is 45.9 Å². The zero-order valence-electron chi connectivity index (χ0n) is 32.5. The van der Waals surface area contributed by atoms with Crippen LogP contribution in [0.25, 0.3) is 11.0 Å². The zero-order chi connectivity index (χ0) is 46.4. The molecule has 0 fully saturated rings. The number of nitrogens with one attached hydrogen (secondary N) is 3. The number of aromatic amines is 3. The molecule has 66 heavy (non-hydrogen) atoms. The van der Waals surface area contributed by atoms with E-state index in [1.807, 2.05) is 24.3 Å². The molecule has 12 aromatic heterocycles. The maximum atomic E-state index is 4.36. The number of tetrazole rings is 1. The number of benzene rings is 1. The Kier molecular flexibility index (Phi) is 34.9. The van der Waals surface area contributed by atoms with Gasteiger partial charge in [0.15, 0.2) is 25.3 Å². The summed E-state index contributed by atoms with van der Waals surface area (Å²) in [6, 6.07) is 9.42. The Morgan fingerprint density at radius 2 is 1.35 bits per heavy atom. The number of fused-ring (bicyclic) bond motifs is 1. The summed E-state index contributed by atoms with van der Waals surface area (Å²) in [7, 11) is 0. The van der Waals surface area contributed by atoms with Gasteiger partial charge in [-0.1, -0.05) is 41.7 Å². The molecule has 13 aromatic rings. The number of para-hydroxylation sites is 2. The summed E-state index contributed by atoms with van der Waals surface area (Å²) in [5.41, 5.74) is 5.08. The minimum Gasteiger partial charge on any atom is -0.431 e. The molecule has 41 heteroatoms. The Morgan fingerprint density at radius 1 is 0.470 bits per heavy atom. The highest BCUT2D eigenvalue weighted by Crippen LogP contribution is 2.03. The van der Waals surface area contributed by atoms with Crippen molar-refractivity contribution in [3.05, 3.63) is 142 Å². The average Bonchev–Trinajstić information content (AvgIpc) is 4.26. The second-order valence-corrected chi connectivity index (χ2v) is 10.1. The van der Waals surface area contributed by atoms with Crippen LogP contribution < -0.4 is 0 Å². The molecule has 3 N–H and O–H groups in total. The minimum absolute atomic E-state index is 0.914.